The quantitative estimate of drug-likeness (QED) is 0.227. The topological polar surface area (TPSA) is 99.4 Å². The highest BCUT2D eigenvalue weighted by Crippen LogP contribution is 2.31. The van der Waals surface area contributed by atoms with Crippen molar-refractivity contribution >= 4 is 22.4 Å². The first kappa shape index (κ1) is 25.9. The van der Waals surface area contributed by atoms with Crippen molar-refractivity contribution in [2.45, 2.75) is 52.4 Å². The average Bonchev–Trinajstić information content (AvgIpc) is 3.60. The summed E-state index contributed by atoms with van der Waals surface area (Å²) in [5, 5.41) is 13.5. The second-order valence-corrected chi connectivity index (χ2v) is 10.9. The first-order valence-electron chi connectivity index (χ1n) is 13.1. The van der Waals surface area contributed by atoms with Gasteiger partial charge in [0.2, 0.25) is 11.8 Å². The molecule has 2 heterocycles. The second kappa shape index (κ2) is 12.2. The summed E-state index contributed by atoms with van der Waals surface area (Å²) in [5.41, 5.74) is 1.25. The van der Waals surface area contributed by atoms with Crippen molar-refractivity contribution in [3.63, 3.8) is 0 Å². The fraction of sp³-hybridized carbons (Fsp3) is 0.379. The third kappa shape index (κ3) is 6.98. The van der Waals surface area contributed by atoms with Crippen molar-refractivity contribution in [3.05, 3.63) is 65.5 Å². The molecule has 0 atom stereocenters. The Balaban J connectivity index is 1.32. The van der Waals surface area contributed by atoms with Gasteiger partial charge in [0.15, 0.2) is 5.13 Å². The summed E-state index contributed by atoms with van der Waals surface area (Å²) < 4.78 is 18.1. The Morgan fingerprint density at radius 1 is 1.05 bits per heavy atom. The van der Waals surface area contributed by atoms with E-state index in [9.17, 15) is 4.79 Å². The van der Waals surface area contributed by atoms with Crippen LogP contribution in [0.4, 0.5) is 5.13 Å². The highest BCUT2D eigenvalue weighted by Gasteiger charge is 2.17. The van der Waals surface area contributed by atoms with Gasteiger partial charge in [-0.1, -0.05) is 33.1 Å². The maximum atomic E-state index is 13.0. The summed E-state index contributed by atoms with van der Waals surface area (Å²) in [7, 11) is 0. The molecule has 0 bridgehead atoms. The SMILES string of the molecule is CC(C)Cc1nnc(-c2ccc(Oc3cc(OCC4CCCCC4)cc(C(=O)Nc4nccs4)c3)cc2)o1. The van der Waals surface area contributed by atoms with Crippen LogP contribution in [0.1, 0.15) is 62.2 Å². The summed E-state index contributed by atoms with van der Waals surface area (Å²) in [6.07, 6.45) is 8.55. The molecule has 0 unspecified atom stereocenters. The molecule has 2 aromatic carbocycles. The van der Waals surface area contributed by atoms with E-state index in [0.717, 1.165) is 12.0 Å². The Bertz CT molecular complexity index is 1330. The molecule has 9 heteroatoms. The first-order valence-corrected chi connectivity index (χ1v) is 14.0. The molecule has 0 radical (unpaired) electrons. The maximum Gasteiger partial charge on any atom is 0.257 e. The number of ether oxygens (including phenoxy) is 2. The molecule has 38 heavy (non-hydrogen) atoms. The Morgan fingerprint density at radius 3 is 2.58 bits per heavy atom. The Hall–Kier alpha value is -3.72. The van der Waals surface area contributed by atoms with Crippen LogP contribution in [0.25, 0.3) is 11.5 Å². The molecule has 0 spiro atoms. The maximum absolute atomic E-state index is 13.0. The summed E-state index contributed by atoms with van der Waals surface area (Å²) in [5.74, 6) is 3.56. The fourth-order valence-corrected chi connectivity index (χ4v) is 5.00. The first-order chi connectivity index (χ1) is 18.5. The van der Waals surface area contributed by atoms with E-state index in [1.54, 1.807) is 18.3 Å². The molecule has 1 fully saturated rings. The van der Waals surface area contributed by atoms with E-state index in [4.69, 9.17) is 13.9 Å². The number of benzene rings is 2. The van der Waals surface area contributed by atoms with Crippen molar-refractivity contribution in [2.24, 2.45) is 11.8 Å². The monoisotopic (exact) mass is 532 g/mol. The minimum absolute atomic E-state index is 0.267. The van der Waals surface area contributed by atoms with Crippen LogP contribution in [0.3, 0.4) is 0 Å². The van der Waals surface area contributed by atoms with Crippen LogP contribution < -0.4 is 14.8 Å². The number of anilines is 1. The van der Waals surface area contributed by atoms with Crippen LogP contribution in [0.2, 0.25) is 0 Å². The smallest absolute Gasteiger partial charge is 0.257 e. The minimum atomic E-state index is -0.267. The highest BCUT2D eigenvalue weighted by molar-refractivity contribution is 7.13. The predicted molar refractivity (Wildman–Crippen MR) is 147 cm³/mol. The predicted octanol–water partition coefficient (Wildman–Crippen LogP) is 7.40. The Kier molecular flexibility index (Phi) is 8.33. The molecule has 1 aliphatic rings. The van der Waals surface area contributed by atoms with Gasteiger partial charge in [-0.3, -0.25) is 10.1 Å². The lowest BCUT2D eigenvalue weighted by atomic mass is 9.90. The molecule has 4 aromatic rings. The zero-order valence-corrected chi connectivity index (χ0v) is 22.5. The Labute approximate surface area is 226 Å². The van der Waals surface area contributed by atoms with E-state index in [1.165, 1.54) is 43.4 Å². The number of amides is 1. The number of hydrogen-bond donors (Lipinski definition) is 1. The molecule has 1 amide bonds. The number of carbonyl (C=O) groups is 1. The molecule has 1 aliphatic carbocycles. The fourth-order valence-electron chi connectivity index (χ4n) is 4.47. The lowest BCUT2D eigenvalue weighted by Gasteiger charge is -2.22. The summed E-state index contributed by atoms with van der Waals surface area (Å²) in [4.78, 5) is 17.1. The van der Waals surface area contributed by atoms with Crippen molar-refractivity contribution < 1.29 is 18.7 Å². The van der Waals surface area contributed by atoms with Crippen molar-refractivity contribution in [2.75, 3.05) is 11.9 Å². The third-order valence-corrected chi connectivity index (χ3v) is 7.08. The van der Waals surface area contributed by atoms with Crippen molar-refractivity contribution in [3.8, 4) is 28.7 Å². The summed E-state index contributed by atoms with van der Waals surface area (Å²) >= 11 is 1.37. The van der Waals surface area contributed by atoms with Gasteiger partial charge in [0.1, 0.15) is 17.2 Å². The van der Waals surface area contributed by atoms with E-state index < -0.39 is 0 Å². The van der Waals surface area contributed by atoms with Crippen LogP contribution in [-0.2, 0) is 6.42 Å². The second-order valence-electron chi connectivity index (χ2n) is 10.0. The van der Waals surface area contributed by atoms with Gasteiger partial charge in [0.05, 0.1) is 6.61 Å². The lowest BCUT2D eigenvalue weighted by molar-refractivity contribution is 0.102. The van der Waals surface area contributed by atoms with Crippen LogP contribution in [0.15, 0.2) is 58.5 Å². The van der Waals surface area contributed by atoms with E-state index in [-0.39, 0.29) is 5.91 Å². The molecule has 0 saturated heterocycles. The van der Waals surface area contributed by atoms with Crippen LogP contribution in [0.5, 0.6) is 17.2 Å². The zero-order valence-electron chi connectivity index (χ0n) is 21.7. The summed E-state index contributed by atoms with van der Waals surface area (Å²) in [6.45, 7) is 4.86. The molecule has 0 aliphatic heterocycles. The molecule has 1 N–H and O–H groups in total. The standard InChI is InChI=1S/C29H32N4O4S/c1-19(2)14-26-32-33-28(37-26)21-8-10-23(11-9-21)36-25-16-22(27(34)31-29-30-12-13-38-29)15-24(17-25)35-18-20-6-4-3-5-7-20/h8-13,15-17,19-20H,3-7,14,18H2,1-2H3,(H,30,31,34). The van der Waals surface area contributed by atoms with E-state index >= 15 is 0 Å². The van der Waals surface area contributed by atoms with Gasteiger partial charge in [-0.2, -0.15) is 0 Å². The van der Waals surface area contributed by atoms with Gasteiger partial charge in [0, 0.05) is 35.2 Å². The largest absolute Gasteiger partial charge is 0.493 e. The normalized spacial score (nSPS) is 14.0. The Morgan fingerprint density at radius 2 is 1.84 bits per heavy atom. The number of rotatable bonds is 10. The number of aromatic nitrogens is 3. The highest BCUT2D eigenvalue weighted by atomic mass is 32.1. The zero-order chi connectivity index (χ0) is 26.3. The van der Waals surface area contributed by atoms with Crippen LogP contribution >= 0.6 is 11.3 Å². The van der Waals surface area contributed by atoms with E-state index in [2.05, 4.69) is 34.3 Å². The van der Waals surface area contributed by atoms with Gasteiger partial charge in [-0.05, 0) is 61.1 Å². The summed E-state index contributed by atoms with van der Waals surface area (Å²) in [6, 6.07) is 12.7. The third-order valence-electron chi connectivity index (χ3n) is 6.39. The molecule has 8 nitrogen and oxygen atoms in total. The van der Waals surface area contributed by atoms with Crippen molar-refractivity contribution in [1.29, 1.82) is 0 Å². The van der Waals surface area contributed by atoms with E-state index in [0.29, 0.717) is 58.2 Å². The number of nitrogens with one attached hydrogen (secondary N) is 1. The van der Waals surface area contributed by atoms with Gasteiger partial charge in [-0.15, -0.1) is 21.5 Å². The number of hydrogen-bond acceptors (Lipinski definition) is 8. The van der Waals surface area contributed by atoms with Crippen LogP contribution in [-0.4, -0.2) is 27.7 Å². The van der Waals surface area contributed by atoms with Gasteiger partial charge < -0.3 is 13.9 Å². The number of thiazole rings is 1. The van der Waals surface area contributed by atoms with Crippen molar-refractivity contribution in [1.82, 2.24) is 15.2 Å². The van der Waals surface area contributed by atoms with E-state index in [1.807, 2.05) is 35.7 Å². The van der Waals surface area contributed by atoms with Gasteiger partial charge in [-0.25, -0.2) is 4.98 Å². The lowest BCUT2D eigenvalue weighted by Crippen LogP contribution is -2.16. The average molecular weight is 533 g/mol. The molecular formula is C29H32N4O4S. The molecule has 1 saturated carbocycles. The molecule has 198 valence electrons. The minimum Gasteiger partial charge on any atom is -0.493 e. The molecular weight excluding hydrogens is 500 g/mol. The molecule has 2 aromatic heterocycles. The number of nitrogens with zero attached hydrogens (tertiary/aromatic N) is 3. The van der Waals surface area contributed by atoms with Gasteiger partial charge >= 0.3 is 0 Å². The molecule has 5 rings (SSSR count). The van der Waals surface area contributed by atoms with Gasteiger partial charge in [0.25, 0.3) is 5.91 Å². The van der Waals surface area contributed by atoms with Crippen LogP contribution in [0, 0.1) is 11.8 Å². The number of carbonyl (C=O) groups excluding carboxylic acids is 1.